The van der Waals surface area contributed by atoms with Crippen LogP contribution in [0.4, 0.5) is 10.5 Å². The van der Waals surface area contributed by atoms with Crippen molar-refractivity contribution in [1.29, 1.82) is 0 Å². The normalized spacial score (nSPS) is 11.5. The first kappa shape index (κ1) is 15.5. The summed E-state index contributed by atoms with van der Waals surface area (Å²) in [6.45, 7) is 6.95. The monoisotopic (exact) mass is 286 g/mol. The molecule has 1 amide bonds. The predicted molar refractivity (Wildman–Crippen MR) is 72.5 cm³/mol. The van der Waals surface area contributed by atoms with Crippen LogP contribution in [0.2, 0.25) is 0 Å². The number of amides is 1. The second-order valence-electron chi connectivity index (χ2n) is 4.54. The van der Waals surface area contributed by atoms with Crippen molar-refractivity contribution in [3.05, 3.63) is 23.3 Å². The number of aryl methyl sites for hydroxylation is 1. The van der Waals surface area contributed by atoms with Crippen molar-refractivity contribution in [2.45, 2.75) is 38.7 Å². The van der Waals surface area contributed by atoms with Crippen LogP contribution in [0.15, 0.2) is 17.0 Å². The molecular weight excluding hydrogens is 268 g/mol. The summed E-state index contributed by atoms with van der Waals surface area (Å²) in [6, 6.07) is 2.78. The minimum absolute atomic E-state index is 0.0459. The number of rotatable bonds is 3. The number of ether oxygens (including phenoxy) is 1. The molecule has 0 saturated carbocycles. The fourth-order valence-electron chi connectivity index (χ4n) is 1.47. The van der Waals surface area contributed by atoms with Crippen molar-refractivity contribution in [2.75, 3.05) is 5.32 Å². The Bertz CT molecular complexity index is 594. The minimum Gasteiger partial charge on any atom is -0.447 e. The molecule has 3 N–H and O–H groups in total. The molecular formula is C12H18N2O4S. The molecule has 0 aliphatic heterocycles. The molecule has 0 heterocycles. The van der Waals surface area contributed by atoms with E-state index in [1.807, 2.05) is 0 Å². The molecule has 0 aromatic heterocycles. The number of primary sulfonamides is 1. The maximum Gasteiger partial charge on any atom is 0.411 e. The van der Waals surface area contributed by atoms with Gasteiger partial charge in [-0.1, -0.05) is 0 Å². The van der Waals surface area contributed by atoms with Gasteiger partial charge in [0.15, 0.2) is 0 Å². The summed E-state index contributed by atoms with van der Waals surface area (Å²) in [5.41, 5.74) is 1.84. The second-order valence-corrected chi connectivity index (χ2v) is 6.10. The molecule has 0 atom stereocenters. The molecule has 0 aliphatic rings. The summed E-state index contributed by atoms with van der Waals surface area (Å²) in [5, 5.41) is 7.60. The zero-order valence-corrected chi connectivity index (χ0v) is 12.2. The van der Waals surface area contributed by atoms with Crippen molar-refractivity contribution in [2.24, 2.45) is 5.14 Å². The molecule has 0 fully saturated rings. The van der Waals surface area contributed by atoms with E-state index in [0.717, 1.165) is 5.56 Å². The van der Waals surface area contributed by atoms with Crippen LogP contribution >= 0.6 is 0 Å². The van der Waals surface area contributed by atoms with E-state index in [1.165, 1.54) is 12.1 Å². The van der Waals surface area contributed by atoms with Crippen LogP contribution in [0, 0.1) is 13.8 Å². The third kappa shape index (κ3) is 4.22. The Hall–Kier alpha value is -1.60. The van der Waals surface area contributed by atoms with Crippen molar-refractivity contribution >= 4 is 21.8 Å². The molecule has 1 rings (SSSR count). The minimum atomic E-state index is -3.82. The fourth-order valence-corrected chi connectivity index (χ4v) is 2.10. The van der Waals surface area contributed by atoms with Crippen LogP contribution in [0.1, 0.15) is 25.0 Å². The summed E-state index contributed by atoms with van der Waals surface area (Å²) < 4.78 is 27.6. The topological polar surface area (TPSA) is 98.5 Å². The lowest BCUT2D eigenvalue weighted by atomic mass is 10.1. The van der Waals surface area contributed by atoms with Gasteiger partial charge in [-0.3, -0.25) is 5.32 Å². The number of anilines is 1. The molecule has 1 aromatic carbocycles. The van der Waals surface area contributed by atoms with Crippen molar-refractivity contribution in [3.63, 3.8) is 0 Å². The largest absolute Gasteiger partial charge is 0.447 e. The number of sulfonamides is 1. The van der Waals surface area contributed by atoms with E-state index >= 15 is 0 Å². The van der Waals surface area contributed by atoms with Crippen LogP contribution in [0.25, 0.3) is 0 Å². The van der Waals surface area contributed by atoms with Gasteiger partial charge in [-0.05, 0) is 51.0 Å². The quantitative estimate of drug-likeness (QED) is 0.886. The Kier molecular flexibility index (Phi) is 4.54. The summed E-state index contributed by atoms with van der Waals surface area (Å²) in [6.07, 6.45) is -0.896. The van der Waals surface area contributed by atoms with Crippen molar-refractivity contribution in [1.82, 2.24) is 0 Å². The van der Waals surface area contributed by atoms with Gasteiger partial charge in [-0.25, -0.2) is 18.4 Å². The van der Waals surface area contributed by atoms with Gasteiger partial charge in [-0.2, -0.15) is 0 Å². The summed E-state index contributed by atoms with van der Waals surface area (Å²) in [4.78, 5) is 11.5. The van der Waals surface area contributed by atoms with Crippen LogP contribution in [-0.2, 0) is 14.8 Å². The highest BCUT2D eigenvalue weighted by Gasteiger charge is 2.15. The molecule has 7 heteroatoms. The third-order valence-electron chi connectivity index (χ3n) is 2.55. The Labute approximate surface area is 113 Å². The maximum atomic E-state index is 11.5. The molecule has 0 bridgehead atoms. The Balaban J connectivity index is 3.14. The summed E-state index contributed by atoms with van der Waals surface area (Å²) in [7, 11) is -3.82. The van der Waals surface area contributed by atoms with Gasteiger partial charge in [0.1, 0.15) is 0 Å². The second kappa shape index (κ2) is 5.58. The number of hydrogen-bond acceptors (Lipinski definition) is 4. The van der Waals surface area contributed by atoms with Gasteiger partial charge >= 0.3 is 6.09 Å². The lowest BCUT2D eigenvalue weighted by molar-refractivity contribution is 0.130. The van der Waals surface area contributed by atoms with Crippen LogP contribution in [0.3, 0.4) is 0 Å². The molecule has 0 radical (unpaired) electrons. The van der Waals surface area contributed by atoms with E-state index < -0.39 is 16.1 Å². The van der Waals surface area contributed by atoms with E-state index in [4.69, 9.17) is 9.88 Å². The molecule has 0 saturated heterocycles. The lowest BCUT2D eigenvalue weighted by Crippen LogP contribution is -2.19. The Morgan fingerprint density at radius 3 is 2.37 bits per heavy atom. The Morgan fingerprint density at radius 2 is 1.89 bits per heavy atom. The Morgan fingerprint density at radius 1 is 1.32 bits per heavy atom. The molecule has 106 valence electrons. The highest BCUT2D eigenvalue weighted by molar-refractivity contribution is 7.89. The number of hydrogen-bond donors (Lipinski definition) is 2. The number of nitrogens with one attached hydrogen (secondary N) is 1. The fraction of sp³-hybridized carbons (Fsp3) is 0.417. The number of nitrogens with two attached hydrogens (primary N) is 1. The summed E-state index contributed by atoms with van der Waals surface area (Å²) >= 11 is 0. The SMILES string of the molecule is Cc1cc(S(N)(=O)=O)cc(NC(=O)OC(C)C)c1C. The van der Waals surface area contributed by atoms with Gasteiger partial charge in [0.2, 0.25) is 10.0 Å². The molecule has 0 spiro atoms. The zero-order chi connectivity index (χ0) is 14.8. The van der Waals surface area contributed by atoms with Crippen LogP contribution in [0.5, 0.6) is 0 Å². The van der Waals surface area contributed by atoms with E-state index in [1.54, 1.807) is 27.7 Å². The van der Waals surface area contributed by atoms with Gasteiger partial charge in [0.25, 0.3) is 0 Å². The first-order valence-corrected chi connectivity index (χ1v) is 7.27. The molecule has 0 aliphatic carbocycles. The third-order valence-corrected chi connectivity index (χ3v) is 3.44. The molecule has 19 heavy (non-hydrogen) atoms. The highest BCUT2D eigenvalue weighted by Crippen LogP contribution is 2.23. The zero-order valence-electron chi connectivity index (χ0n) is 11.4. The highest BCUT2D eigenvalue weighted by atomic mass is 32.2. The first-order valence-electron chi connectivity index (χ1n) is 5.73. The van der Waals surface area contributed by atoms with Crippen LogP contribution in [-0.4, -0.2) is 20.6 Å². The number of carbonyl (C=O) groups excluding carboxylic acids is 1. The van der Waals surface area contributed by atoms with Crippen molar-refractivity contribution in [3.8, 4) is 0 Å². The lowest BCUT2D eigenvalue weighted by Gasteiger charge is -2.14. The number of benzene rings is 1. The van der Waals surface area contributed by atoms with Gasteiger partial charge in [-0.15, -0.1) is 0 Å². The molecule has 0 unspecified atom stereocenters. The smallest absolute Gasteiger partial charge is 0.411 e. The van der Waals surface area contributed by atoms with Crippen LogP contribution < -0.4 is 10.5 Å². The average molecular weight is 286 g/mol. The summed E-state index contributed by atoms with van der Waals surface area (Å²) in [5.74, 6) is 0. The van der Waals surface area contributed by atoms with Gasteiger partial charge < -0.3 is 4.74 Å². The predicted octanol–water partition coefficient (Wildman–Crippen LogP) is 1.91. The van der Waals surface area contributed by atoms with E-state index in [-0.39, 0.29) is 11.0 Å². The maximum absolute atomic E-state index is 11.5. The molecule has 1 aromatic rings. The van der Waals surface area contributed by atoms with E-state index in [9.17, 15) is 13.2 Å². The first-order chi connectivity index (χ1) is 8.61. The van der Waals surface area contributed by atoms with Gasteiger partial charge in [0, 0.05) is 5.69 Å². The van der Waals surface area contributed by atoms with Gasteiger partial charge in [0.05, 0.1) is 11.0 Å². The molecule has 6 nitrogen and oxygen atoms in total. The number of carbonyl (C=O) groups is 1. The van der Waals surface area contributed by atoms with Crippen molar-refractivity contribution < 1.29 is 17.9 Å². The van der Waals surface area contributed by atoms with E-state index in [0.29, 0.717) is 11.3 Å². The van der Waals surface area contributed by atoms with E-state index in [2.05, 4.69) is 5.32 Å². The average Bonchev–Trinajstić information content (AvgIpc) is 2.21. The standard InChI is InChI=1S/C12H18N2O4S/c1-7(2)18-12(15)14-11-6-10(19(13,16)17)5-8(3)9(11)4/h5-7H,1-4H3,(H,14,15)(H2,13,16,17).